The normalized spacial score (nSPS) is 10.2. The second-order valence-corrected chi connectivity index (χ2v) is 5.29. The lowest BCUT2D eigenvalue weighted by atomic mass is 10.2. The predicted molar refractivity (Wildman–Crippen MR) is 76.1 cm³/mol. The summed E-state index contributed by atoms with van der Waals surface area (Å²) < 4.78 is 1.92. The van der Waals surface area contributed by atoms with Gasteiger partial charge in [0.2, 0.25) is 0 Å². The summed E-state index contributed by atoms with van der Waals surface area (Å²) in [5.74, 6) is 0.858. The molecule has 2 rings (SSSR count). The van der Waals surface area contributed by atoms with Crippen molar-refractivity contribution in [2.45, 2.75) is 6.42 Å². The Morgan fingerprint density at radius 2 is 2.12 bits per heavy atom. The molecule has 2 aromatic heterocycles. The number of hydrogen-bond acceptors (Lipinski definition) is 3. The van der Waals surface area contributed by atoms with E-state index in [2.05, 4.69) is 53.2 Å². The maximum atomic E-state index is 4.29. The molecule has 0 saturated carbocycles. The zero-order valence-corrected chi connectivity index (χ0v) is 12.2. The lowest BCUT2D eigenvalue weighted by molar-refractivity contribution is 0.991. The Hall–Kier alpha value is -0.940. The van der Waals surface area contributed by atoms with Crippen LogP contribution in [0.2, 0.25) is 0 Å². The van der Waals surface area contributed by atoms with E-state index in [0.717, 1.165) is 27.7 Å². The van der Waals surface area contributed by atoms with E-state index in [1.54, 1.807) is 12.4 Å². The first kappa shape index (κ1) is 12.5. The van der Waals surface area contributed by atoms with Gasteiger partial charge in [-0.2, -0.15) is 0 Å². The molecule has 0 aliphatic rings. The summed E-state index contributed by atoms with van der Waals surface area (Å²) in [6.45, 7) is 0.832. The van der Waals surface area contributed by atoms with Crippen molar-refractivity contribution in [3.63, 3.8) is 0 Å². The minimum absolute atomic E-state index is 0.832. The largest absolute Gasteiger partial charge is 0.369 e. The minimum atomic E-state index is 0.832. The quantitative estimate of drug-likeness (QED) is 0.908. The fraction of sp³-hybridized carbons (Fsp3) is 0.167. The van der Waals surface area contributed by atoms with Crippen LogP contribution in [-0.4, -0.2) is 16.5 Å². The first-order chi connectivity index (χ1) is 8.25. The van der Waals surface area contributed by atoms with Crippen LogP contribution in [0.5, 0.6) is 0 Å². The monoisotopic (exact) mass is 355 g/mol. The molecule has 0 aliphatic carbocycles. The average Bonchev–Trinajstić information content (AvgIpc) is 2.33. The maximum absolute atomic E-state index is 4.29. The number of nitrogens with one attached hydrogen (secondary N) is 1. The molecule has 5 heteroatoms. The first-order valence-electron chi connectivity index (χ1n) is 5.19. The van der Waals surface area contributed by atoms with Gasteiger partial charge in [0.25, 0.3) is 0 Å². The molecule has 0 spiro atoms. The van der Waals surface area contributed by atoms with E-state index in [0.29, 0.717) is 0 Å². The van der Waals surface area contributed by atoms with Crippen LogP contribution in [-0.2, 0) is 6.42 Å². The third-order valence-corrected chi connectivity index (χ3v) is 3.27. The molecule has 1 N–H and O–H groups in total. The fourth-order valence-corrected chi connectivity index (χ4v) is 2.54. The molecule has 3 nitrogen and oxygen atoms in total. The van der Waals surface area contributed by atoms with Gasteiger partial charge in [-0.25, -0.2) is 4.98 Å². The van der Waals surface area contributed by atoms with Crippen LogP contribution < -0.4 is 5.32 Å². The molecule has 0 aliphatic heterocycles. The SMILES string of the molecule is Brc1cnc(NCCc2cccnc2)c(Br)c1. The van der Waals surface area contributed by atoms with Gasteiger partial charge in [0.15, 0.2) is 0 Å². The molecule has 0 unspecified atom stereocenters. The molecule has 2 aromatic rings. The van der Waals surface area contributed by atoms with Gasteiger partial charge >= 0.3 is 0 Å². The van der Waals surface area contributed by atoms with Crippen molar-refractivity contribution >= 4 is 37.7 Å². The Labute approximate surface area is 117 Å². The second-order valence-electron chi connectivity index (χ2n) is 3.52. The van der Waals surface area contributed by atoms with E-state index >= 15 is 0 Å². The number of anilines is 1. The van der Waals surface area contributed by atoms with Gasteiger partial charge in [-0.1, -0.05) is 6.07 Å². The molecule has 0 bridgehead atoms. The smallest absolute Gasteiger partial charge is 0.140 e. The lowest BCUT2D eigenvalue weighted by Crippen LogP contribution is -2.06. The average molecular weight is 357 g/mol. The molecule has 17 heavy (non-hydrogen) atoms. The van der Waals surface area contributed by atoms with Crippen molar-refractivity contribution < 1.29 is 0 Å². The van der Waals surface area contributed by atoms with Crippen LogP contribution >= 0.6 is 31.9 Å². The van der Waals surface area contributed by atoms with Crippen molar-refractivity contribution in [3.8, 4) is 0 Å². The van der Waals surface area contributed by atoms with Crippen LogP contribution in [0, 0.1) is 0 Å². The standard InChI is InChI=1S/C12H11Br2N3/c13-10-6-11(14)12(17-8-10)16-5-3-9-2-1-4-15-7-9/h1-2,4,6-8H,3,5H2,(H,16,17). The van der Waals surface area contributed by atoms with Gasteiger partial charge in [0.1, 0.15) is 5.82 Å². The topological polar surface area (TPSA) is 37.8 Å². The highest BCUT2D eigenvalue weighted by molar-refractivity contribution is 9.11. The number of aromatic nitrogens is 2. The summed E-state index contributed by atoms with van der Waals surface area (Å²) in [5.41, 5.74) is 1.22. The number of hydrogen-bond donors (Lipinski definition) is 1. The Morgan fingerprint density at radius 1 is 1.24 bits per heavy atom. The molecule has 88 valence electrons. The Morgan fingerprint density at radius 3 is 2.82 bits per heavy atom. The van der Waals surface area contributed by atoms with E-state index in [1.807, 2.05) is 18.3 Å². The van der Waals surface area contributed by atoms with Crippen LogP contribution in [0.15, 0.2) is 45.7 Å². The fourth-order valence-electron chi connectivity index (χ4n) is 1.42. The number of rotatable bonds is 4. The second kappa shape index (κ2) is 6.12. The molecular formula is C12H11Br2N3. The van der Waals surface area contributed by atoms with Gasteiger partial charge in [-0.15, -0.1) is 0 Å². The highest BCUT2D eigenvalue weighted by atomic mass is 79.9. The van der Waals surface area contributed by atoms with Gasteiger partial charge < -0.3 is 5.32 Å². The van der Waals surface area contributed by atoms with Crippen molar-refractivity contribution in [3.05, 3.63) is 51.3 Å². The Bertz CT molecular complexity index is 488. The molecule has 0 radical (unpaired) electrons. The summed E-state index contributed by atoms with van der Waals surface area (Å²) in [4.78, 5) is 8.37. The highest BCUT2D eigenvalue weighted by Gasteiger charge is 2.01. The molecular weight excluding hydrogens is 346 g/mol. The highest BCUT2D eigenvalue weighted by Crippen LogP contribution is 2.23. The van der Waals surface area contributed by atoms with Crippen LogP contribution in [0.1, 0.15) is 5.56 Å². The van der Waals surface area contributed by atoms with E-state index in [1.165, 1.54) is 5.56 Å². The van der Waals surface area contributed by atoms with E-state index in [9.17, 15) is 0 Å². The molecule has 0 amide bonds. The maximum Gasteiger partial charge on any atom is 0.140 e. The third kappa shape index (κ3) is 3.78. The van der Waals surface area contributed by atoms with Crippen molar-refractivity contribution in [2.75, 3.05) is 11.9 Å². The van der Waals surface area contributed by atoms with Crippen molar-refractivity contribution in [1.82, 2.24) is 9.97 Å². The Balaban J connectivity index is 1.90. The molecule has 2 heterocycles. The molecule has 0 atom stereocenters. The van der Waals surface area contributed by atoms with Crippen molar-refractivity contribution in [2.24, 2.45) is 0 Å². The summed E-state index contributed by atoms with van der Waals surface area (Å²) >= 11 is 6.84. The number of nitrogens with zero attached hydrogens (tertiary/aromatic N) is 2. The van der Waals surface area contributed by atoms with E-state index in [4.69, 9.17) is 0 Å². The Kier molecular flexibility index (Phi) is 4.50. The first-order valence-corrected chi connectivity index (χ1v) is 6.78. The zero-order valence-electron chi connectivity index (χ0n) is 9.03. The lowest BCUT2D eigenvalue weighted by Gasteiger charge is -2.07. The van der Waals surface area contributed by atoms with Crippen LogP contribution in [0.3, 0.4) is 0 Å². The number of pyridine rings is 2. The summed E-state index contributed by atoms with van der Waals surface area (Å²) in [6, 6.07) is 5.99. The summed E-state index contributed by atoms with van der Waals surface area (Å²) in [5, 5.41) is 3.28. The number of halogens is 2. The van der Waals surface area contributed by atoms with E-state index < -0.39 is 0 Å². The van der Waals surface area contributed by atoms with Gasteiger partial charge in [0, 0.05) is 29.6 Å². The summed E-state index contributed by atoms with van der Waals surface area (Å²) in [7, 11) is 0. The third-order valence-electron chi connectivity index (χ3n) is 2.24. The molecule has 0 fully saturated rings. The summed E-state index contributed by atoms with van der Waals surface area (Å²) in [6.07, 6.45) is 6.37. The van der Waals surface area contributed by atoms with Crippen molar-refractivity contribution in [1.29, 1.82) is 0 Å². The van der Waals surface area contributed by atoms with Gasteiger partial charge in [-0.05, 0) is 56.0 Å². The van der Waals surface area contributed by atoms with Gasteiger partial charge in [0.05, 0.1) is 4.47 Å². The molecule has 0 aromatic carbocycles. The predicted octanol–water partition coefficient (Wildman–Crippen LogP) is 3.66. The van der Waals surface area contributed by atoms with E-state index in [-0.39, 0.29) is 0 Å². The minimum Gasteiger partial charge on any atom is -0.369 e. The zero-order chi connectivity index (χ0) is 12.1. The van der Waals surface area contributed by atoms with Crippen LogP contribution in [0.25, 0.3) is 0 Å². The molecule has 0 saturated heterocycles. The van der Waals surface area contributed by atoms with Gasteiger partial charge in [-0.3, -0.25) is 4.98 Å². The van der Waals surface area contributed by atoms with Crippen LogP contribution in [0.4, 0.5) is 5.82 Å².